The number of hydrogen-bond donors (Lipinski definition) is 2. The molecule has 1 unspecified atom stereocenters. The molecular weight excluding hydrogens is 534 g/mol. The zero-order chi connectivity index (χ0) is 29.4. The summed E-state index contributed by atoms with van der Waals surface area (Å²) < 4.78 is 12.4. The fourth-order valence-corrected chi connectivity index (χ4v) is 6.58. The lowest BCUT2D eigenvalue weighted by Crippen LogP contribution is -2.51. The molecule has 0 spiro atoms. The largest absolute Gasteiger partial charge is 0.497 e. The number of rotatable bonds is 8. The Bertz CT molecular complexity index is 1580. The summed E-state index contributed by atoms with van der Waals surface area (Å²) in [6, 6.07) is 12.9. The number of nitrogens with zero attached hydrogens (tertiary/aromatic N) is 5. The third-order valence-corrected chi connectivity index (χ3v) is 8.72. The molecule has 2 N–H and O–H groups in total. The molecule has 0 bridgehead atoms. The van der Waals surface area contributed by atoms with Crippen LogP contribution in [0.2, 0.25) is 0 Å². The molecule has 0 saturated carbocycles. The fraction of sp³-hybridized carbons (Fsp3) is 0.452. The highest BCUT2D eigenvalue weighted by molar-refractivity contribution is 5.91. The Morgan fingerprint density at radius 2 is 1.90 bits per heavy atom. The molecule has 4 heterocycles. The first-order chi connectivity index (χ1) is 20.3. The Morgan fingerprint density at radius 1 is 1.12 bits per heavy atom. The number of aryl methyl sites for hydroxylation is 3. The second kappa shape index (κ2) is 11.6. The van der Waals surface area contributed by atoms with Crippen molar-refractivity contribution in [3.05, 3.63) is 70.6 Å². The molecule has 2 aliphatic rings. The SMILES string of the molecule is COc1ccc(C[C@@H]2C[C@@H](C(=O)NCc3ccc4c(c3)nnn4C)N(C(=O)[C@H]3CC(c4c(C)noc4C)CN3)C2)cc1. The fourth-order valence-electron chi connectivity index (χ4n) is 6.58. The number of amides is 2. The van der Waals surface area contributed by atoms with Gasteiger partial charge in [0.15, 0.2) is 0 Å². The van der Waals surface area contributed by atoms with Crippen LogP contribution >= 0.6 is 0 Å². The number of ether oxygens (including phenoxy) is 1. The number of carbonyl (C=O) groups is 2. The van der Waals surface area contributed by atoms with Gasteiger partial charge in [-0.05, 0) is 74.4 Å². The summed E-state index contributed by atoms with van der Waals surface area (Å²) in [7, 11) is 3.50. The predicted molar refractivity (Wildman–Crippen MR) is 156 cm³/mol. The topological polar surface area (TPSA) is 127 Å². The van der Waals surface area contributed by atoms with Gasteiger partial charge in [0, 0.05) is 38.2 Å². The number of carbonyl (C=O) groups excluding carboxylic acids is 2. The van der Waals surface area contributed by atoms with Crippen molar-refractivity contribution in [2.45, 2.75) is 57.7 Å². The molecule has 0 radical (unpaired) electrons. The lowest BCUT2D eigenvalue weighted by atomic mass is 9.94. The van der Waals surface area contributed by atoms with E-state index in [0.717, 1.165) is 51.3 Å². The summed E-state index contributed by atoms with van der Waals surface area (Å²) in [5, 5.41) is 18.8. The summed E-state index contributed by atoms with van der Waals surface area (Å²) in [5.74, 6) is 1.74. The van der Waals surface area contributed by atoms with Crippen LogP contribution in [0.25, 0.3) is 11.0 Å². The van der Waals surface area contributed by atoms with Crippen molar-refractivity contribution < 1.29 is 18.8 Å². The smallest absolute Gasteiger partial charge is 0.243 e. The summed E-state index contributed by atoms with van der Waals surface area (Å²) in [4.78, 5) is 29.4. The molecule has 220 valence electrons. The van der Waals surface area contributed by atoms with Gasteiger partial charge in [-0.3, -0.25) is 9.59 Å². The molecule has 11 heteroatoms. The van der Waals surface area contributed by atoms with Crippen LogP contribution in [0, 0.1) is 19.8 Å². The minimum absolute atomic E-state index is 0.0254. The Morgan fingerprint density at radius 3 is 2.64 bits per heavy atom. The Kier molecular flexibility index (Phi) is 7.68. The molecule has 42 heavy (non-hydrogen) atoms. The van der Waals surface area contributed by atoms with Crippen molar-refractivity contribution in [1.29, 1.82) is 0 Å². The van der Waals surface area contributed by atoms with Crippen LogP contribution in [0.15, 0.2) is 47.0 Å². The predicted octanol–water partition coefficient (Wildman–Crippen LogP) is 2.80. The van der Waals surface area contributed by atoms with Crippen LogP contribution in [-0.4, -0.2) is 69.1 Å². The van der Waals surface area contributed by atoms with E-state index in [9.17, 15) is 9.59 Å². The Hall–Kier alpha value is -4.25. The van der Waals surface area contributed by atoms with E-state index in [4.69, 9.17) is 9.26 Å². The molecule has 2 amide bonds. The molecule has 4 aromatic rings. The van der Waals surface area contributed by atoms with Crippen LogP contribution in [-0.2, 0) is 29.6 Å². The van der Waals surface area contributed by atoms with Gasteiger partial charge >= 0.3 is 0 Å². The van der Waals surface area contributed by atoms with E-state index in [1.165, 1.54) is 0 Å². The molecule has 2 fully saturated rings. The van der Waals surface area contributed by atoms with Crippen molar-refractivity contribution in [1.82, 2.24) is 35.7 Å². The Labute approximate surface area is 244 Å². The van der Waals surface area contributed by atoms with E-state index >= 15 is 0 Å². The van der Waals surface area contributed by atoms with Crippen molar-refractivity contribution in [3.8, 4) is 5.75 Å². The van der Waals surface area contributed by atoms with Crippen LogP contribution in [0.5, 0.6) is 5.75 Å². The van der Waals surface area contributed by atoms with Gasteiger partial charge in [0.05, 0.1) is 24.4 Å². The average Bonchev–Trinajstić information content (AvgIpc) is 3.79. The second-order valence-corrected chi connectivity index (χ2v) is 11.5. The summed E-state index contributed by atoms with van der Waals surface area (Å²) in [6.07, 6.45) is 2.03. The second-order valence-electron chi connectivity index (χ2n) is 11.5. The van der Waals surface area contributed by atoms with Gasteiger partial charge in [-0.2, -0.15) is 0 Å². The minimum atomic E-state index is -0.541. The maximum atomic E-state index is 14.0. The lowest BCUT2D eigenvalue weighted by Gasteiger charge is -2.27. The van der Waals surface area contributed by atoms with Gasteiger partial charge in [-0.1, -0.05) is 28.6 Å². The molecule has 6 rings (SSSR count). The van der Waals surface area contributed by atoms with E-state index in [2.05, 4.69) is 26.1 Å². The zero-order valence-corrected chi connectivity index (χ0v) is 24.5. The van der Waals surface area contributed by atoms with Crippen molar-refractivity contribution in [3.63, 3.8) is 0 Å². The zero-order valence-electron chi connectivity index (χ0n) is 24.5. The maximum absolute atomic E-state index is 14.0. The van der Waals surface area contributed by atoms with Crippen LogP contribution < -0.4 is 15.4 Å². The molecule has 0 aliphatic carbocycles. The van der Waals surface area contributed by atoms with Crippen molar-refractivity contribution in [2.75, 3.05) is 20.2 Å². The van der Waals surface area contributed by atoms with Crippen LogP contribution in [0.1, 0.15) is 46.9 Å². The molecule has 11 nitrogen and oxygen atoms in total. The average molecular weight is 572 g/mol. The minimum Gasteiger partial charge on any atom is -0.497 e. The lowest BCUT2D eigenvalue weighted by molar-refractivity contribution is -0.139. The standard InChI is InChI=1S/C31H37N7O4/c1-18-29(19(2)42-35-18)23-14-26(32-16-23)31(40)38-17-22(11-20-5-8-24(41-4)9-6-20)13-28(38)30(39)33-15-21-7-10-27-25(12-21)34-36-37(27)3/h5-10,12,22-23,26,28,32H,11,13-17H2,1-4H3,(H,33,39)/t22-,23?,26-,28+/m1/s1. The molecule has 4 atom stereocenters. The van der Waals surface area contributed by atoms with E-state index < -0.39 is 6.04 Å². The van der Waals surface area contributed by atoms with Gasteiger partial charge in [0.25, 0.3) is 0 Å². The summed E-state index contributed by atoms with van der Waals surface area (Å²) in [5.41, 5.74) is 5.74. The van der Waals surface area contributed by atoms with Crippen molar-refractivity contribution >= 4 is 22.8 Å². The highest BCUT2D eigenvalue weighted by Crippen LogP contribution is 2.34. The third kappa shape index (κ3) is 5.48. The van der Waals surface area contributed by atoms with E-state index in [0.29, 0.717) is 32.5 Å². The number of hydrogen-bond acceptors (Lipinski definition) is 8. The maximum Gasteiger partial charge on any atom is 0.243 e. The van der Waals surface area contributed by atoms with Crippen molar-refractivity contribution in [2.24, 2.45) is 13.0 Å². The van der Waals surface area contributed by atoms with Gasteiger partial charge < -0.3 is 24.8 Å². The number of methoxy groups -OCH3 is 1. The van der Waals surface area contributed by atoms with Gasteiger partial charge in [0.2, 0.25) is 11.8 Å². The normalized spacial score (nSPS) is 22.1. The van der Waals surface area contributed by atoms with E-state index in [1.807, 2.05) is 63.4 Å². The van der Waals surface area contributed by atoms with E-state index in [-0.39, 0.29) is 29.7 Å². The number of fused-ring (bicyclic) bond motifs is 1. The quantitative estimate of drug-likeness (QED) is 0.331. The number of benzene rings is 2. The number of aromatic nitrogens is 4. The van der Waals surface area contributed by atoms with E-state index in [1.54, 1.807) is 16.7 Å². The molecule has 2 saturated heterocycles. The molecule has 2 aromatic carbocycles. The summed E-state index contributed by atoms with van der Waals surface area (Å²) >= 11 is 0. The summed E-state index contributed by atoms with van der Waals surface area (Å²) in [6.45, 7) is 5.40. The molecule has 2 aliphatic heterocycles. The van der Waals surface area contributed by atoms with Crippen LogP contribution in [0.3, 0.4) is 0 Å². The highest BCUT2D eigenvalue weighted by Gasteiger charge is 2.43. The number of likely N-dealkylation sites (tertiary alicyclic amines) is 1. The van der Waals surface area contributed by atoms with Crippen LogP contribution in [0.4, 0.5) is 0 Å². The van der Waals surface area contributed by atoms with Gasteiger partial charge in [-0.15, -0.1) is 5.10 Å². The monoisotopic (exact) mass is 571 g/mol. The molecular formula is C31H37N7O4. The third-order valence-electron chi connectivity index (χ3n) is 8.72. The molecule has 2 aromatic heterocycles. The van der Waals surface area contributed by atoms with Gasteiger partial charge in [0.1, 0.15) is 23.1 Å². The first kappa shape index (κ1) is 27.9. The first-order valence-electron chi connectivity index (χ1n) is 14.5. The first-order valence-corrected chi connectivity index (χ1v) is 14.5. The highest BCUT2D eigenvalue weighted by atomic mass is 16.5. The Balaban J connectivity index is 1.17. The number of nitrogens with one attached hydrogen (secondary N) is 2. The van der Waals surface area contributed by atoms with Gasteiger partial charge in [-0.25, -0.2) is 4.68 Å².